The third kappa shape index (κ3) is 6.20. The zero-order valence-corrected chi connectivity index (χ0v) is 21.9. The number of hydrogen-bond acceptors (Lipinski definition) is 7. The van der Waals surface area contributed by atoms with E-state index in [9.17, 15) is 19.5 Å². The van der Waals surface area contributed by atoms with Gasteiger partial charge in [0.25, 0.3) is 5.91 Å². The van der Waals surface area contributed by atoms with Gasteiger partial charge in [-0.3, -0.25) is 19.4 Å². The van der Waals surface area contributed by atoms with Crippen LogP contribution < -0.4 is 10.6 Å². The molecule has 0 spiro atoms. The number of aliphatic hydroxyl groups is 1. The van der Waals surface area contributed by atoms with Crippen LogP contribution in [0, 0.1) is 12.8 Å². The number of carbonyl (C=O) groups is 3. The standard InChI is InChI=1S/C27H31N5O4S/c1-16(2)23(31-25(34)21-6-4-5-11-28-21)27(36)32-14-20(33)12-22(32)26(35)29-13-18-7-9-19(10-8-18)24-17(3)30-15-37-24/h4-11,15-16,20,22-23,33H,12-14H2,1-3H3,(H,29,35)(H,31,34)/t20-,22+,23+/m1/s1. The second-order valence-electron chi connectivity index (χ2n) is 9.49. The molecule has 4 rings (SSSR count). The van der Waals surface area contributed by atoms with Gasteiger partial charge in [-0.2, -0.15) is 0 Å². The van der Waals surface area contributed by atoms with E-state index in [1.54, 1.807) is 29.5 Å². The SMILES string of the molecule is Cc1ncsc1-c1ccc(CNC(=O)[C@@H]2C[C@@H](O)CN2C(=O)[C@@H](NC(=O)c2ccccn2)C(C)C)cc1. The van der Waals surface area contributed by atoms with Crippen molar-refractivity contribution in [3.63, 3.8) is 0 Å². The average Bonchev–Trinajstić information content (AvgIpc) is 3.51. The van der Waals surface area contributed by atoms with Crippen LogP contribution in [0.4, 0.5) is 0 Å². The van der Waals surface area contributed by atoms with Crippen molar-refractivity contribution in [3.05, 3.63) is 71.1 Å². The van der Waals surface area contributed by atoms with Crippen molar-refractivity contribution in [2.75, 3.05) is 6.54 Å². The molecule has 1 aromatic carbocycles. The van der Waals surface area contributed by atoms with Crippen molar-refractivity contribution in [2.24, 2.45) is 5.92 Å². The van der Waals surface area contributed by atoms with Gasteiger partial charge in [-0.25, -0.2) is 4.98 Å². The molecule has 0 bridgehead atoms. The minimum Gasteiger partial charge on any atom is -0.391 e. The van der Waals surface area contributed by atoms with Crippen molar-refractivity contribution >= 4 is 29.1 Å². The monoisotopic (exact) mass is 521 g/mol. The Morgan fingerprint density at radius 1 is 1.14 bits per heavy atom. The number of aliphatic hydroxyl groups excluding tert-OH is 1. The smallest absolute Gasteiger partial charge is 0.270 e. The van der Waals surface area contributed by atoms with E-state index in [2.05, 4.69) is 20.6 Å². The Hall–Kier alpha value is -3.63. The number of hydrogen-bond donors (Lipinski definition) is 3. The minimum absolute atomic E-state index is 0.0303. The summed E-state index contributed by atoms with van der Waals surface area (Å²) in [5.41, 5.74) is 4.98. The number of rotatable bonds is 8. The number of pyridine rings is 1. The molecule has 2 aromatic heterocycles. The van der Waals surface area contributed by atoms with Gasteiger partial charge in [0.2, 0.25) is 11.8 Å². The average molecular weight is 522 g/mol. The van der Waals surface area contributed by atoms with E-state index in [4.69, 9.17) is 0 Å². The maximum Gasteiger partial charge on any atom is 0.270 e. The number of nitrogens with one attached hydrogen (secondary N) is 2. The van der Waals surface area contributed by atoms with E-state index >= 15 is 0 Å². The number of aromatic nitrogens is 2. The lowest BCUT2D eigenvalue weighted by atomic mass is 10.0. The second kappa shape index (κ2) is 11.6. The Bertz CT molecular complexity index is 1250. The van der Waals surface area contributed by atoms with Gasteiger partial charge in [0, 0.05) is 25.7 Å². The third-order valence-corrected chi connectivity index (χ3v) is 7.39. The highest BCUT2D eigenvalue weighted by molar-refractivity contribution is 7.13. The number of nitrogens with zero attached hydrogens (tertiary/aromatic N) is 3. The van der Waals surface area contributed by atoms with E-state index in [0.717, 1.165) is 21.7 Å². The van der Waals surface area contributed by atoms with Crippen LogP contribution in [0.3, 0.4) is 0 Å². The number of β-amino-alcohol motifs (C(OH)–C–C–N with tert-alkyl or cyclic N) is 1. The molecule has 194 valence electrons. The van der Waals surface area contributed by atoms with Crippen LogP contribution in [-0.4, -0.2) is 62.4 Å². The van der Waals surface area contributed by atoms with Crippen molar-refractivity contribution in [2.45, 2.75) is 51.9 Å². The van der Waals surface area contributed by atoms with Gasteiger partial charge >= 0.3 is 0 Å². The predicted molar refractivity (Wildman–Crippen MR) is 141 cm³/mol. The number of benzene rings is 1. The highest BCUT2D eigenvalue weighted by Crippen LogP contribution is 2.27. The van der Waals surface area contributed by atoms with Crippen LogP contribution in [0.1, 0.15) is 42.0 Å². The van der Waals surface area contributed by atoms with E-state index in [0.29, 0.717) is 6.54 Å². The fourth-order valence-corrected chi connectivity index (χ4v) is 5.18. The van der Waals surface area contributed by atoms with Crippen LogP contribution >= 0.6 is 11.3 Å². The summed E-state index contributed by atoms with van der Waals surface area (Å²) in [6, 6.07) is 11.2. The Morgan fingerprint density at radius 3 is 2.51 bits per heavy atom. The topological polar surface area (TPSA) is 125 Å². The van der Waals surface area contributed by atoms with Gasteiger partial charge < -0.3 is 20.6 Å². The molecule has 10 heteroatoms. The molecular weight excluding hydrogens is 490 g/mol. The fraction of sp³-hybridized carbons (Fsp3) is 0.370. The normalized spacial score (nSPS) is 18.0. The van der Waals surface area contributed by atoms with Crippen LogP contribution in [-0.2, 0) is 16.1 Å². The Labute approximate surface area is 220 Å². The van der Waals surface area contributed by atoms with Gasteiger partial charge in [0.15, 0.2) is 0 Å². The summed E-state index contributed by atoms with van der Waals surface area (Å²) in [5, 5.41) is 15.9. The van der Waals surface area contributed by atoms with Gasteiger partial charge in [-0.05, 0) is 36.1 Å². The summed E-state index contributed by atoms with van der Waals surface area (Å²) < 4.78 is 0. The summed E-state index contributed by atoms with van der Waals surface area (Å²) in [6.07, 6.45) is 0.827. The molecule has 3 aromatic rings. The zero-order valence-electron chi connectivity index (χ0n) is 21.0. The molecule has 0 radical (unpaired) electrons. The number of aryl methyl sites for hydroxylation is 1. The molecule has 9 nitrogen and oxygen atoms in total. The van der Waals surface area contributed by atoms with E-state index in [1.165, 1.54) is 11.1 Å². The third-order valence-electron chi connectivity index (χ3n) is 6.41. The summed E-state index contributed by atoms with van der Waals surface area (Å²) in [6.45, 7) is 5.93. The summed E-state index contributed by atoms with van der Waals surface area (Å²) >= 11 is 1.58. The largest absolute Gasteiger partial charge is 0.391 e. The van der Waals surface area contributed by atoms with Crippen molar-refractivity contribution < 1.29 is 19.5 Å². The second-order valence-corrected chi connectivity index (χ2v) is 10.3. The summed E-state index contributed by atoms with van der Waals surface area (Å²) in [5.74, 6) is -1.45. The summed E-state index contributed by atoms with van der Waals surface area (Å²) in [4.78, 5) is 50.0. The van der Waals surface area contributed by atoms with E-state index < -0.39 is 30.0 Å². The predicted octanol–water partition coefficient (Wildman–Crippen LogP) is 2.55. The first-order valence-corrected chi connectivity index (χ1v) is 13.1. The lowest BCUT2D eigenvalue weighted by molar-refractivity contribution is -0.140. The molecular formula is C27H31N5O4S. The Morgan fingerprint density at radius 2 is 1.89 bits per heavy atom. The highest BCUT2D eigenvalue weighted by atomic mass is 32.1. The number of carbonyl (C=O) groups excluding carboxylic acids is 3. The molecule has 1 aliphatic rings. The van der Waals surface area contributed by atoms with Crippen LogP contribution in [0.2, 0.25) is 0 Å². The number of likely N-dealkylation sites (tertiary alicyclic amines) is 1. The molecule has 0 unspecified atom stereocenters. The highest BCUT2D eigenvalue weighted by Gasteiger charge is 2.42. The molecule has 1 aliphatic heterocycles. The van der Waals surface area contributed by atoms with Gasteiger partial charge in [-0.15, -0.1) is 11.3 Å². The van der Waals surface area contributed by atoms with E-state index in [1.807, 2.05) is 50.5 Å². The number of amides is 3. The molecule has 0 saturated carbocycles. The van der Waals surface area contributed by atoms with Crippen molar-refractivity contribution in [3.8, 4) is 10.4 Å². The molecule has 3 N–H and O–H groups in total. The quantitative estimate of drug-likeness (QED) is 0.419. The van der Waals surface area contributed by atoms with Gasteiger partial charge in [-0.1, -0.05) is 44.2 Å². The van der Waals surface area contributed by atoms with E-state index in [-0.39, 0.29) is 30.5 Å². The first kappa shape index (κ1) is 26.4. The van der Waals surface area contributed by atoms with Gasteiger partial charge in [0.05, 0.1) is 22.2 Å². The number of thiazole rings is 1. The molecule has 1 saturated heterocycles. The molecule has 1 fully saturated rings. The maximum absolute atomic E-state index is 13.5. The summed E-state index contributed by atoms with van der Waals surface area (Å²) in [7, 11) is 0. The first-order valence-electron chi connectivity index (χ1n) is 12.2. The first-order chi connectivity index (χ1) is 17.7. The minimum atomic E-state index is -0.863. The maximum atomic E-state index is 13.5. The van der Waals surface area contributed by atoms with Crippen molar-refractivity contribution in [1.29, 1.82) is 0 Å². The van der Waals surface area contributed by atoms with Crippen LogP contribution in [0.15, 0.2) is 54.2 Å². The Balaban J connectivity index is 1.40. The Kier molecular flexibility index (Phi) is 8.30. The van der Waals surface area contributed by atoms with Crippen LogP contribution in [0.5, 0.6) is 0 Å². The molecule has 3 amide bonds. The van der Waals surface area contributed by atoms with Crippen LogP contribution in [0.25, 0.3) is 10.4 Å². The van der Waals surface area contributed by atoms with Gasteiger partial charge in [0.1, 0.15) is 17.8 Å². The van der Waals surface area contributed by atoms with Crippen molar-refractivity contribution in [1.82, 2.24) is 25.5 Å². The zero-order chi connectivity index (χ0) is 26.5. The molecule has 3 heterocycles. The molecule has 0 aliphatic carbocycles. The molecule has 37 heavy (non-hydrogen) atoms. The lowest BCUT2D eigenvalue weighted by Gasteiger charge is -2.30. The fourth-order valence-electron chi connectivity index (χ4n) is 4.37. The lowest BCUT2D eigenvalue weighted by Crippen LogP contribution is -2.55. The molecule has 3 atom stereocenters.